The van der Waals surface area contributed by atoms with Gasteiger partial charge in [0.2, 0.25) is 0 Å². The molecule has 46 valence electrons. The summed E-state index contributed by atoms with van der Waals surface area (Å²) in [5, 5.41) is 10.7. The smallest absolute Gasteiger partial charge is 0.0354 e. The lowest BCUT2D eigenvalue weighted by Gasteiger charge is -2.10. The minimum absolute atomic E-state index is 0.528. The SMILES string of the molecule is ON1C2CCC1CC2. The molecule has 2 fully saturated rings. The molecule has 2 rings (SSSR count). The van der Waals surface area contributed by atoms with Gasteiger partial charge in [0.15, 0.2) is 0 Å². The lowest BCUT2D eigenvalue weighted by Crippen LogP contribution is -2.23. The molecule has 2 aliphatic rings. The summed E-state index contributed by atoms with van der Waals surface area (Å²) in [5.41, 5.74) is 0. The zero-order valence-electron chi connectivity index (χ0n) is 4.88. The van der Waals surface area contributed by atoms with Crippen LogP contribution in [0.1, 0.15) is 25.7 Å². The summed E-state index contributed by atoms with van der Waals surface area (Å²) < 4.78 is 0. The van der Waals surface area contributed by atoms with E-state index in [9.17, 15) is 0 Å². The Bertz CT molecular complexity index is 84.7. The monoisotopic (exact) mass is 113 g/mol. The van der Waals surface area contributed by atoms with Gasteiger partial charge in [-0.2, -0.15) is 5.06 Å². The molecule has 2 heterocycles. The highest BCUT2D eigenvalue weighted by atomic mass is 16.5. The highest BCUT2D eigenvalue weighted by Crippen LogP contribution is 2.35. The number of nitrogens with zero attached hydrogens (tertiary/aromatic N) is 1. The Morgan fingerprint density at radius 2 is 1.38 bits per heavy atom. The van der Waals surface area contributed by atoms with Crippen LogP contribution in [-0.4, -0.2) is 22.4 Å². The van der Waals surface area contributed by atoms with Crippen molar-refractivity contribution in [3.8, 4) is 0 Å². The normalized spacial score (nSPS) is 46.1. The lowest BCUT2D eigenvalue weighted by atomic mass is 10.0. The van der Waals surface area contributed by atoms with E-state index < -0.39 is 0 Å². The van der Waals surface area contributed by atoms with Crippen LogP contribution in [0.25, 0.3) is 0 Å². The fourth-order valence-corrected chi connectivity index (χ4v) is 1.89. The van der Waals surface area contributed by atoms with Crippen LogP contribution in [0.5, 0.6) is 0 Å². The maximum Gasteiger partial charge on any atom is 0.0354 e. The van der Waals surface area contributed by atoms with Crippen LogP contribution in [-0.2, 0) is 0 Å². The van der Waals surface area contributed by atoms with E-state index in [2.05, 4.69) is 0 Å². The van der Waals surface area contributed by atoms with Gasteiger partial charge in [0.1, 0.15) is 0 Å². The second kappa shape index (κ2) is 1.45. The Labute approximate surface area is 49.1 Å². The van der Waals surface area contributed by atoms with Gasteiger partial charge in [-0.05, 0) is 25.7 Å². The van der Waals surface area contributed by atoms with Crippen LogP contribution in [0.3, 0.4) is 0 Å². The molecule has 0 saturated carbocycles. The molecular formula is C6H11NO. The fraction of sp³-hybridized carbons (Fsp3) is 1.00. The van der Waals surface area contributed by atoms with Crippen molar-refractivity contribution in [2.45, 2.75) is 37.8 Å². The second-order valence-electron chi connectivity index (χ2n) is 2.84. The summed E-state index contributed by atoms with van der Waals surface area (Å²) in [6.45, 7) is 0. The molecule has 0 aromatic rings. The predicted octanol–water partition coefficient (Wildman–Crippen LogP) is 1.00. The first-order valence-corrected chi connectivity index (χ1v) is 3.35. The second-order valence-corrected chi connectivity index (χ2v) is 2.84. The number of fused-ring (bicyclic) bond motifs is 2. The Hall–Kier alpha value is -0.0800. The first-order valence-electron chi connectivity index (χ1n) is 3.35. The third kappa shape index (κ3) is 0.446. The van der Waals surface area contributed by atoms with Gasteiger partial charge >= 0.3 is 0 Å². The number of rotatable bonds is 0. The predicted molar refractivity (Wildman–Crippen MR) is 29.7 cm³/mol. The summed E-state index contributed by atoms with van der Waals surface area (Å²) in [4.78, 5) is 0. The maximum atomic E-state index is 9.16. The molecule has 0 unspecified atom stereocenters. The van der Waals surface area contributed by atoms with Crippen LogP contribution in [0.4, 0.5) is 0 Å². The maximum absolute atomic E-state index is 9.16. The summed E-state index contributed by atoms with van der Waals surface area (Å²) >= 11 is 0. The van der Waals surface area contributed by atoms with Crippen LogP contribution >= 0.6 is 0 Å². The van der Waals surface area contributed by atoms with E-state index in [1.165, 1.54) is 25.7 Å². The van der Waals surface area contributed by atoms with E-state index in [0.717, 1.165) is 0 Å². The fourth-order valence-electron chi connectivity index (χ4n) is 1.89. The van der Waals surface area contributed by atoms with Gasteiger partial charge in [-0.1, -0.05) is 0 Å². The van der Waals surface area contributed by atoms with Crippen molar-refractivity contribution in [2.75, 3.05) is 0 Å². The first kappa shape index (κ1) is 4.77. The Kier molecular flexibility index (Phi) is 0.866. The third-order valence-corrected chi connectivity index (χ3v) is 2.41. The molecule has 2 saturated heterocycles. The standard InChI is InChI=1S/C6H11NO/c8-7-5-1-2-6(7)4-3-5/h5-6,8H,1-4H2. The molecular weight excluding hydrogens is 102 g/mol. The molecule has 8 heavy (non-hydrogen) atoms. The average Bonchev–Trinajstić information content (AvgIpc) is 2.29. The van der Waals surface area contributed by atoms with Crippen molar-refractivity contribution in [1.29, 1.82) is 0 Å². The minimum Gasteiger partial charge on any atom is -0.313 e. The van der Waals surface area contributed by atoms with Crippen LogP contribution in [0.2, 0.25) is 0 Å². The summed E-state index contributed by atoms with van der Waals surface area (Å²) in [6, 6.07) is 1.06. The van der Waals surface area contributed by atoms with Crippen molar-refractivity contribution < 1.29 is 5.21 Å². The van der Waals surface area contributed by atoms with E-state index in [1.54, 1.807) is 5.06 Å². The molecule has 0 radical (unpaired) electrons. The number of hydrogen-bond donors (Lipinski definition) is 1. The van der Waals surface area contributed by atoms with Gasteiger partial charge in [-0.25, -0.2) is 0 Å². The molecule has 2 aliphatic heterocycles. The molecule has 0 aliphatic carbocycles. The summed E-state index contributed by atoms with van der Waals surface area (Å²) in [7, 11) is 0. The Morgan fingerprint density at radius 3 is 1.50 bits per heavy atom. The highest BCUT2D eigenvalue weighted by Gasteiger charge is 2.38. The zero-order valence-corrected chi connectivity index (χ0v) is 4.88. The van der Waals surface area contributed by atoms with Crippen molar-refractivity contribution in [3.05, 3.63) is 0 Å². The first-order chi connectivity index (χ1) is 3.88. The summed E-state index contributed by atoms with van der Waals surface area (Å²) in [6.07, 6.45) is 4.89. The number of hydroxylamine groups is 2. The molecule has 0 amide bonds. The van der Waals surface area contributed by atoms with Gasteiger partial charge in [0.25, 0.3) is 0 Å². The van der Waals surface area contributed by atoms with Gasteiger partial charge in [-0.3, -0.25) is 0 Å². The van der Waals surface area contributed by atoms with Crippen molar-refractivity contribution in [1.82, 2.24) is 5.06 Å². The average molecular weight is 113 g/mol. The Morgan fingerprint density at radius 1 is 1.00 bits per heavy atom. The highest BCUT2D eigenvalue weighted by molar-refractivity contribution is 4.89. The number of hydrogen-bond acceptors (Lipinski definition) is 2. The molecule has 0 atom stereocenters. The minimum atomic E-state index is 0.528. The van der Waals surface area contributed by atoms with Gasteiger partial charge < -0.3 is 5.21 Å². The zero-order chi connectivity index (χ0) is 5.56. The molecule has 0 aromatic carbocycles. The van der Waals surface area contributed by atoms with Crippen molar-refractivity contribution in [3.63, 3.8) is 0 Å². The topological polar surface area (TPSA) is 23.5 Å². The van der Waals surface area contributed by atoms with Crippen LogP contribution in [0.15, 0.2) is 0 Å². The molecule has 0 spiro atoms. The van der Waals surface area contributed by atoms with E-state index in [0.29, 0.717) is 12.1 Å². The van der Waals surface area contributed by atoms with E-state index >= 15 is 0 Å². The quantitative estimate of drug-likeness (QED) is 0.506. The molecule has 2 heteroatoms. The van der Waals surface area contributed by atoms with Crippen molar-refractivity contribution >= 4 is 0 Å². The lowest BCUT2D eigenvalue weighted by molar-refractivity contribution is -0.108. The van der Waals surface area contributed by atoms with Crippen molar-refractivity contribution in [2.24, 2.45) is 0 Å². The third-order valence-electron chi connectivity index (χ3n) is 2.41. The Balaban J connectivity index is 2.16. The van der Waals surface area contributed by atoms with E-state index in [-0.39, 0.29) is 0 Å². The molecule has 1 N–H and O–H groups in total. The van der Waals surface area contributed by atoms with E-state index in [1.807, 2.05) is 0 Å². The van der Waals surface area contributed by atoms with Gasteiger partial charge in [0, 0.05) is 12.1 Å². The molecule has 0 aromatic heterocycles. The molecule has 2 nitrogen and oxygen atoms in total. The van der Waals surface area contributed by atoms with Gasteiger partial charge in [0.05, 0.1) is 0 Å². The van der Waals surface area contributed by atoms with Crippen LogP contribution in [0, 0.1) is 0 Å². The van der Waals surface area contributed by atoms with E-state index in [4.69, 9.17) is 5.21 Å². The largest absolute Gasteiger partial charge is 0.313 e. The molecule has 2 bridgehead atoms. The summed E-state index contributed by atoms with van der Waals surface area (Å²) in [5.74, 6) is 0. The van der Waals surface area contributed by atoms with Crippen LogP contribution < -0.4 is 0 Å². The van der Waals surface area contributed by atoms with Gasteiger partial charge in [-0.15, -0.1) is 0 Å².